The molecule has 1 aliphatic heterocycles. The van der Waals surface area contributed by atoms with Crippen molar-refractivity contribution in [2.45, 2.75) is 6.42 Å². The summed E-state index contributed by atoms with van der Waals surface area (Å²) in [5.41, 5.74) is 2.30. The molecule has 1 aromatic rings. The van der Waals surface area contributed by atoms with Crippen LogP contribution in [0.25, 0.3) is 0 Å². The molecule has 20 heavy (non-hydrogen) atoms. The van der Waals surface area contributed by atoms with Gasteiger partial charge in [0.15, 0.2) is 0 Å². The van der Waals surface area contributed by atoms with Crippen LogP contribution in [-0.4, -0.2) is 44.5 Å². The van der Waals surface area contributed by atoms with E-state index in [9.17, 15) is 4.79 Å². The molecule has 1 heterocycles. The first-order valence-corrected chi connectivity index (χ1v) is 7.28. The van der Waals surface area contributed by atoms with Crippen LogP contribution in [0.3, 0.4) is 0 Å². The van der Waals surface area contributed by atoms with Crippen molar-refractivity contribution < 1.29 is 4.79 Å². The third-order valence-corrected chi connectivity index (χ3v) is 3.48. The van der Waals surface area contributed by atoms with Crippen LogP contribution in [0.2, 0.25) is 0 Å². The zero-order valence-electron chi connectivity index (χ0n) is 11.7. The highest BCUT2D eigenvalue weighted by molar-refractivity contribution is 7.58. The van der Waals surface area contributed by atoms with Crippen molar-refractivity contribution in [1.29, 1.82) is 0 Å². The number of nitrogens with zero attached hydrogens (tertiary/aromatic N) is 3. The molecule has 0 saturated heterocycles. The van der Waals surface area contributed by atoms with Crippen molar-refractivity contribution in [3.05, 3.63) is 18.2 Å². The summed E-state index contributed by atoms with van der Waals surface area (Å²) in [6, 6.07) is 5.61. The summed E-state index contributed by atoms with van der Waals surface area (Å²) in [6.07, 6.45) is 1.02. The van der Waals surface area contributed by atoms with Gasteiger partial charge in [0.25, 0.3) is 0 Å². The maximum Gasteiger partial charge on any atom is 0.238 e. The van der Waals surface area contributed by atoms with E-state index < -0.39 is 0 Å². The molecule has 0 fully saturated rings. The van der Waals surface area contributed by atoms with Gasteiger partial charge >= 0.3 is 0 Å². The minimum absolute atomic E-state index is 0.0301. The van der Waals surface area contributed by atoms with Gasteiger partial charge < -0.3 is 10.6 Å². The Kier molecular flexibility index (Phi) is 5.40. The predicted molar refractivity (Wildman–Crippen MR) is 82.7 cm³/mol. The number of fused-ring (bicyclic) bond motifs is 1. The lowest BCUT2D eigenvalue weighted by atomic mass is 10.2. The molecule has 2 N–H and O–H groups in total. The van der Waals surface area contributed by atoms with E-state index in [1.54, 1.807) is 0 Å². The van der Waals surface area contributed by atoms with Crippen LogP contribution in [0.1, 0.15) is 6.42 Å². The van der Waals surface area contributed by atoms with Crippen LogP contribution >= 0.6 is 0 Å². The molecular weight excluding hydrogens is 274 g/mol. The number of hydrogen-bond acceptors (Lipinski definition) is 5. The third kappa shape index (κ3) is 3.96. The monoisotopic (exact) mass is 293 g/mol. The Labute approximate surface area is 122 Å². The minimum Gasteiger partial charge on any atom is -0.323 e. The van der Waals surface area contributed by atoms with E-state index in [0.717, 1.165) is 47.9 Å². The Morgan fingerprint density at radius 3 is 3.05 bits per heavy atom. The number of amides is 1. The quantitative estimate of drug-likeness (QED) is 0.766. The van der Waals surface area contributed by atoms with Crippen molar-refractivity contribution in [3.63, 3.8) is 0 Å². The Morgan fingerprint density at radius 1 is 1.40 bits per heavy atom. The molecule has 2 rings (SSSR count). The van der Waals surface area contributed by atoms with Crippen molar-refractivity contribution in [3.8, 4) is 0 Å². The van der Waals surface area contributed by atoms with E-state index in [1.165, 1.54) is 0 Å². The number of benzene rings is 1. The van der Waals surface area contributed by atoms with E-state index in [4.69, 9.17) is 0 Å². The highest BCUT2D eigenvalue weighted by Crippen LogP contribution is 2.38. The van der Waals surface area contributed by atoms with Crippen LogP contribution in [0, 0.1) is 0 Å². The second kappa shape index (κ2) is 7.28. The summed E-state index contributed by atoms with van der Waals surface area (Å²) in [5, 5.41) is 5.99. The van der Waals surface area contributed by atoms with Crippen LogP contribution < -0.4 is 10.6 Å². The van der Waals surface area contributed by atoms with Crippen LogP contribution in [0.15, 0.2) is 26.9 Å². The van der Waals surface area contributed by atoms with Crippen LogP contribution in [-0.2, 0) is 16.1 Å². The second-order valence-electron chi connectivity index (χ2n) is 4.68. The highest BCUT2D eigenvalue weighted by Gasteiger charge is 2.13. The highest BCUT2D eigenvalue weighted by atomic mass is 32.1. The molecule has 1 amide bonds. The van der Waals surface area contributed by atoms with Gasteiger partial charge in [-0.1, -0.05) is 6.07 Å². The first-order chi connectivity index (χ1) is 9.70. The Bertz CT molecular complexity index is 554. The summed E-state index contributed by atoms with van der Waals surface area (Å²) < 4.78 is 8.36. The van der Waals surface area contributed by atoms with Gasteiger partial charge in [-0.25, -0.2) is 0 Å². The molecule has 0 saturated carbocycles. The molecule has 0 atom stereocenters. The van der Waals surface area contributed by atoms with E-state index >= 15 is 0 Å². The average Bonchev–Trinajstić information content (AvgIpc) is 2.88. The molecule has 0 aliphatic carbocycles. The molecule has 0 unspecified atom stereocenters. The third-order valence-electron chi connectivity index (χ3n) is 2.94. The Balaban J connectivity index is 1.86. The number of likely N-dealkylation sites (N-methyl/N-ethyl adjacent to an activating group) is 1. The molecule has 0 bridgehead atoms. The van der Waals surface area contributed by atoms with Gasteiger partial charge in [-0.2, -0.15) is 8.73 Å². The summed E-state index contributed by atoms with van der Waals surface area (Å²) >= 11 is 1.15. The number of anilines is 1. The van der Waals surface area contributed by atoms with Crippen molar-refractivity contribution >= 4 is 34.3 Å². The Hall–Kier alpha value is -1.57. The van der Waals surface area contributed by atoms with Gasteiger partial charge in [-0.15, -0.1) is 0 Å². The van der Waals surface area contributed by atoms with Gasteiger partial charge in [0.05, 0.1) is 23.6 Å². The largest absolute Gasteiger partial charge is 0.323 e. The SMILES string of the molecule is CNCCCN(C)CC(=O)Nc1cccc2c1N=S=N2. The normalized spacial score (nSPS) is 12.3. The Morgan fingerprint density at radius 2 is 2.25 bits per heavy atom. The lowest BCUT2D eigenvalue weighted by Crippen LogP contribution is -2.31. The molecule has 0 aromatic heterocycles. The number of hydrogen-bond donors (Lipinski definition) is 2. The van der Waals surface area contributed by atoms with Crippen LogP contribution in [0.5, 0.6) is 0 Å². The standard InChI is InChI=1S/C13H19N5OS/c1-14-7-4-8-18(2)9-12(19)15-10-5-3-6-11-13(10)17-20-16-11/h3,5-6,14H,4,7-9H2,1-2H3,(H,15,19). The van der Waals surface area contributed by atoms with Gasteiger partial charge in [-0.3, -0.25) is 9.69 Å². The maximum absolute atomic E-state index is 12.0. The van der Waals surface area contributed by atoms with E-state index in [2.05, 4.69) is 19.4 Å². The predicted octanol–water partition coefficient (Wildman–Crippen LogP) is 1.89. The van der Waals surface area contributed by atoms with Gasteiger partial charge in [0.1, 0.15) is 11.4 Å². The summed E-state index contributed by atoms with van der Waals surface area (Å²) in [4.78, 5) is 14.0. The lowest BCUT2D eigenvalue weighted by molar-refractivity contribution is -0.117. The van der Waals surface area contributed by atoms with Crippen molar-refractivity contribution in [1.82, 2.24) is 10.2 Å². The molecule has 1 aromatic carbocycles. The number of nitrogens with one attached hydrogen (secondary N) is 2. The topological polar surface area (TPSA) is 69.1 Å². The number of rotatable bonds is 7. The molecule has 0 radical (unpaired) electrons. The maximum atomic E-state index is 12.0. The lowest BCUT2D eigenvalue weighted by Gasteiger charge is -2.16. The van der Waals surface area contributed by atoms with Crippen molar-refractivity contribution in [2.24, 2.45) is 8.73 Å². The molecule has 0 spiro atoms. The van der Waals surface area contributed by atoms with Gasteiger partial charge in [0.2, 0.25) is 5.91 Å². The number of carbonyl (C=O) groups excluding carboxylic acids is 1. The first kappa shape index (κ1) is 14.8. The molecule has 7 heteroatoms. The average molecular weight is 293 g/mol. The fourth-order valence-electron chi connectivity index (χ4n) is 1.95. The van der Waals surface area contributed by atoms with Gasteiger partial charge in [-0.05, 0) is 45.7 Å². The summed E-state index contributed by atoms with van der Waals surface area (Å²) in [7, 11) is 3.87. The van der Waals surface area contributed by atoms with E-state index in [1.807, 2.05) is 37.2 Å². The van der Waals surface area contributed by atoms with E-state index in [-0.39, 0.29) is 5.91 Å². The zero-order valence-corrected chi connectivity index (χ0v) is 12.5. The van der Waals surface area contributed by atoms with E-state index in [0.29, 0.717) is 6.54 Å². The summed E-state index contributed by atoms with van der Waals surface area (Å²) in [6.45, 7) is 2.21. The first-order valence-electron chi connectivity index (χ1n) is 6.55. The molecule has 1 aliphatic rings. The molecule has 108 valence electrons. The van der Waals surface area contributed by atoms with Crippen molar-refractivity contribution in [2.75, 3.05) is 39.0 Å². The number of carbonyl (C=O) groups is 1. The fourth-order valence-corrected chi connectivity index (χ4v) is 2.50. The zero-order chi connectivity index (χ0) is 14.4. The molecular formula is C13H19N5OS. The second-order valence-corrected chi connectivity index (χ2v) is 5.21. The molecule has 6 nitrogen and oxygen atoms in total. The van der Waals surface area contributed by atoms with Crippen LogP contribution in [0.4, 0.5) is 17.1 Å². The fraction of sp³-hybridized carbons (Fsp3) is 0.462. The summed E-state index contributed by atoms with van der Waals surface area (Å²) in [5.74, 6) is -0.0301. The smallest absolute Gasteiger partial charge is 0.238 e. The minimum atomic E-state index is -0.0301. The van der Waals surface area contributed by atoms with Gasteiger partial charge in [0, 0.05) is 0 Å².